The molecule has 1 aromatic carbocycles. The number of benzene rings is 1. The van der Waals surface area contributed by atoms with Crippen LogP contribution >= 0.6 is 11.6 Å². The number of aliphatic imine (C=N–C) groups is 1. The van der Waals surface area contributed by atoms with Crippen molar-refractivity contribution in [2.45, 2.75) is 39.0 Å². The maximum atomic E-state index is 11.2. The molecule has 0 aromatic heterocycles. The van der Waals surface area contributed by atoms with Gasteiger partial charge in [-0.3, -0.25) is 9.79 Å². The lowest BCUT2D eigenvalue weighted by molar-refractivity contribution is -0.119. The number of rotatable bonds is 7. The Morgan fingerprint density at radius 1 is 1.40 bits per heavy atom. The van der Waals surface area contributed by atoms with Crippen molar-refractivity contribution in [2.24, 2.45) is 16.6 Å². The summed E-state index contributed by atoms with van der Waals surface area (Å²) in [7, 11) is 0. The van der Waals surface area contributed by atoms with Gasteiger partial charge in [-0.2, -0.15) is 0 Å². The van der Waals surface area contributed by atoms with Gasteiger partial charge in [0.25, 0.3) is 0 Å². The molecule has 6 heteroatoms. The van der Waals surface area contributed by atoms with Crippen LogP contribution in [0.25, 0.3) is 0 Å². The lowest BCUT2D eigenvalue weighted by Crippen LogP contribution is -2.47. The van der Waals surface area contributed by atoms with Crippen molar-refractivity contribution < 1.29 is 4.79 Å². The molecule has 1 heterocycles. The van der Waals surface area contributed by atoms with Crippen LogP contribution in [-0.2, 0) is 11.2 Å². The molecule has 3 N–H and O–H groups in total. The highest BCUT2D eigenvalue weighted by atomic mass is 35.5. The normalized spacial score (nSPS) is 18.2. The van der Waals surface area contributed by atoms with Crippen molar-refractivity contribution in [3.8, 4) is 0 Å². The number of likely N-dealkylation sites (tertiary alicyclic amines) is 1. The molecule has 0 saturated carbocycles. The van der Waals surface area contributed by atoms with E-state index in [1.165, 1.54) is 5.56 Å². The van der Waals surface area contributed by atoms with Gasteiger partial charge < -0.3 is 16.0 Å². The van der Waals surface area contributed by atoms with E-state index in [1.54, 1.807) is 0 Å². The molecule has 1 amide bonds. The molecule has 25 heavy (non-hydrogen) atoms. The van der Waals surface area contributed by atoms with Crippen LogP contribution in [0.5, 0.6) is 0 Å². The number of nitrogens with zero attached hydrogens (tertiary/aromatic N) is 2. The number of nitrogens with one attached hydrogen (secondary N) is 1. The fraction of sp³-hybridized carbons (Fsp3) is 0.579. The molecule has 1 aliphatic rings. The summed E-state index contributed by atoms with van der Waals surface area (Å²) in [4.78, 5) is 18.2. The minimum atomic E-state index is -0.211. The van der Waals surface area contributed by atoms with Crippen molar-refractivity contribution in [3.05, 3.63) is 34.9 Å². The van der Waals surface area contributed by atoms with Crippen molar-refractivity contribution in [3.63, 3.8) is 0 Å². The Morgan fingerprint density at radius 3 is 2.84 bits per heavy atom. The Labute approximate surface area is 155 Å². The third kappa shape index (κ3) is 6.94. The fourth-order valence-electron chi connectivity index (χ4n) is 3.25. The molecular weight excluding hydrogens is 336 g/mol. The molecule has 1 saturated heterocycles. The first-order valence-corrected chi connectivity index (χ1v) is 9.52. The molecule has 138 valence electrons. The molecular formula is C19H29ClN4O. The van der Waals surface area contributed by atoms with E-state index in [1.807, 2.05) is 12.1 Å². The van der Waals surface area contributed by atoms with Crippen LogP contribution in [0.4, 0.5) is 0 Å². The van der Waals surface area contributed by atoms with Gasteiger partial charge in [0, 0.05) is 37.6 Å². The molecule has 1 aliphatic heterocycles. The first-order valence-electron chi connectivity index (χ1n) is 9.14. The molecule has 0 bridgehead atoms. The molecule has 0 spiro atoms. The van der Waals surface area contributed by atoms with Crippen molar-refractivity contribution in [2.75, 3.05) is 26.2 Å². The minimum absolute atomic E-state index is 0.211. The van der Waals surface area contributed by atoms with Gasteiger partial charge >= 0.3 is 0 Å². The molecule has 1 aromatic rings. The molecule has 0 aliphatic carbocycles. The third-order valence-electron chi connectivity index (χ3n) is 4.44. The number of hydrogen-bond donors (Lipinski definition) is 2. The zero-order chi connectivity index (χ0) is 18.1. The van der Waals surface area contributed by atoms with Gasteiger partial charge in [-0.1, -0.05) is 23.7 Å². The topological polar surface area (TPSA) is 70.7 Å². The van der Waals surface area contributed by atoms with E-state index < -0.39 is 0 Å². The number of nitrogens with two attached hydrogens (primary N) is 1. The van der Waals surface area contributed by atoms with E-state index in [2.05, 4.69) is 29.3 Å². The number of primary amides is 1. The molecule has 1 fully saturated rings. The summed E-state index contributed by atoms with van der Waals surface area (Å²) in [5, 5.41) is 4.14. The highest BCUT2D eigenvalue weighted by molar-refractivity contribution is 6.30. The number of amides is 1. The maximum Gasteiger partial charge on any atom is 0.217 e. The largest absolute Gasteiger partial charge is 0.370 e. The van der Waals surface area contributed by atoms with Gasteiger partial charge in [0.1, 0.15) is 0 Å². The van der Waals surface area contributed by atoms with Crippen LogP contribution in [0.1, 0.15) is 38.2 Å². The Hall–Kier alpha value is -1.75. The highest BCUT2D eigenvalue weighted by Crippen LogP contribution is 2.19. The van der Waals surface area contributed by atoms with E-state index in [0.29, 0.717) is 12.3 Å². The highest BCUT2D eigenvalue weighted by Gasteiger charge is 2.23. The van der Waals surface area contributed by atoms with Gasteiger partial charge in [-0.05, 0) is 56.2 Å². The Morgan fingerprint density at radius 2 is 2.16 bits per heavy atom. The average molecular weight is 365 g/mol. The lowest BCUT2D eigenvalue weighted by atomic mass is 9.95. The van der Waals surface area contributed by atoms with Crippen LogP contribution in [-0.4, -0.2) is 42.9 Å². The summed E-state index contributed by atoms with van der Waals surface area (Å²) in [6, 6.07) is 7.99. The van der Waals surface area contributed by atoms with E-state index >= 15 is 0 Å². The maximum absolute atomic E-state index is 11.2. The average Bonchev–Trinajstić information content (AvgIpc) is 2.59. The van der Waals surface area contributed by atoms with E-state index in [4.69, 9.17) is 22.3 Å². The molecule has 1 unspecified atom stereocenters. The fourth-order valence-corrected chi connectivity index (χ4v) is 3.38. The first-order chi connectivity index (χ1) is 12.1. The van der Waals surface area contributed by atoms with Crippen LogP contribution in [0.3, 0.4) is 0 Å². The summed E-state index contributed by atoms with van der Waals surface area (Å²) in [6.45, 7) is 5.53. The predicted molar refractivity (Wildman–Crippen MR) is 104 cm³/mol. The predicted octanol–water partition coefficient (Wildman–Crippen LogP) is 2.83. The number of hydrogen-bond acceptors (Lipinski definition) is 2. The molecule has 1 atom stereocenters. The SMILES string of the molecule is CCNC(=NCCCc1ccc(Cl)cc1)N1CCCC(CC(N)=O)C1. The Balaban J connectivity index is 1.86. The summed E-state index contributed by atoms with van der Waals surface area (Å²) in [5.74, 6) is 1.08. The van der Waals surface area contributed by atoms with Crippen molar-refractivity contribution >= 4 is 23.5 Å². The summed E-state index contributed by atoms with van der Waals surface area (Å²) < 4.78 is 0. The molecule has 5 nitrogen and oxygen atoms in total. The zero-order valence-electron chi connectivity index (χ0n) is 15.0. The quantitative estimate of drug-likeness (QED) is 0.444. The summed E-state index contributed by atoms with van der Waals surface area (Å²) in [6.07, 6.45) is 4.59. The van der Waals surface area contributed by atoms with E-state index in [9.17, 15) is 4.79 Å². The van der Waals surface area contributed by atoms with Crippen LogP contribution < -0.4 is 11.1 Å². The van der Waals surface area contributed by atoms with Gasteiger partial charge in [0.05, 0.1) is 0 Å². The smallest absolute Gasteiger partial charge is 0.217 e. The monoisotopic (exact) mass is 364 g/mol. The zero-order valence-corrected chi connectivity index (χ0v) is 15.8. The summed E-state index contributed by atoms with van der Waals surface area (Å²) >= 11 is 5.91. The van der Waals surface area contributed by atoms with Gasteiger partial charge in [0.15, 0.2) is 5.96 Å². The van der Waals surface area contributed by atoms with E-state index in [-0.39, 0.29) is 5.91 Å². The minimum Gasteiger partial charge on any atom is -0.370 e. The first kappa shape index (κ1) is 19.6. The Kier molecular flexibility index (Phi) is 8.06. The van der Waals surface area contributed by atoms with Crippen LogP contribution in [0.2, 0.25) is 5.02 Å². The van der Waals surface area contributed by atoms with Gasteiger partial charge in [0.2, 0.25) is 5.91 Å². The number of halogens is 1. The van der Waals surface area contributed by atoms with Crippen LogP contribution in [0, 0.1) is 5.92 Å². The molecule has 0 radical (unpaired) electrons. The second kappa shape index (κ2) is 10.3. The Bertz CT molecular complexity index is 573. The second-order valence-electron chi connectivity index (χ2n) is 6.59. The molecule has 2 rings (SSSR count). The standard InChI is InChI=1S/C19H29ClN4O/c1-2-22-19(24-12-4-6-16(14-24)13-18(21)25)23-11-3-5-15-7-9-17(20)10-8-15/h7-10,16H,2-6,11-14H2,1H3,(H2,21,25)(H,22,23). The lowest BCUT2D eigenvalue weighted by Gasteiger charge is -2.34. The summed E-state index contributed by atoms with van der Waals surface area (Å²) in [5.41, 5.74) is 6.64. The second-order valence-corrected chi connectivity index (χ2v) is 7.03. The number of carbonyl (C=O) groups excluding carboxylic acids is 1. The third-order valence-corrected chi connectivity index (χ3v) is 4.69. The number of aryl methyl sites for hydroxylation is 1. The number of guanidine groups is 1. The van der Waals surface area contributed by atoms with Gasteiger partial charge in [-0.25, -0.2) is 0 Å². The number of piperidine rings is 1. The van der Waals surface area contributed by atoms with Crippen molar-refractivity contribution in [1.82, 2.24) is 10.2 Å². The number of carbonyl (C=O) groups is 1. The van der Waals surface area contributed by atoms with Gasteiger partial charge in [-0.15, -0.1) is 0 Å². The van der Waals surface area contributed by atoms with Crippen LogP contribution in [0.15, 0.2) is 29.3 Å². The van der Waals surface area contributed by atoms with E-state index in [0.717, 1.165) is 62.8 Å². The van der Waals surface area contributed by atoms with Crippen molar-refractivity contribution in [1.29, 1.82) is 0 Å².